The summed E-state index contributed by atoms with van der Waals surface area (Å²) in [6.07, 6.45) is -5.62. The van der Waals surface area contributed by atoms with Gasteiger partial charge in [0.15, 0.2) is 0 Å². The van der Waals surface area contributed by atoms with Crippen LogP contribution < -0.4 is 10.6 Å². The number of carbonyl (C=O) groups excluding carboxylic acids is 4. The van der Waals surface area contributed by atoms with Crippen LogP contribution >= 0.6 is 12.4 Å². The van der Waals surface area contributed by atoms with E-state index in [4.69, 9.17) is 4.74 Å². The van der Waals surface area contributed by atoms with Gasteiger partial charge in [0, 0.05) is 19.6 Å². The number of nitrogens with zero attached hydrogens (tertiary/aromatic N) is 2. The van der Waals surface area contributed by atoms with Crippen LogP contribution in [0.1, 0.15) is 40.5 Å². The number of hydrogen-bond acceptors (Lipinski definition) is 6. The lowest BCUT2D eigenvalue weighted by atomic mass is 9.95. The number of ether oxygens (including phenoxy) is 1. The average Bonchev–Trinajstić information content (AvgIpc) is 3.29. The van der Waals surface area contributed by atoms with Crippen molar-refractivity contribution in [3.63, 3.8) is 0 Å². The van der Waals surface area contributed by atoms with Crippen molar-refractivity contribution in [2.24, 2.45) is 11.8 Å². The van der Waals surface area contributed by atoms with Crippen molar-refractivity contribution in [1.29, 1.82) is 0 Å². The van der Waals surface area contributed by atoms with Crippen molar-refractivity contribution >= 4 is 35.9 Å². The molecule has 2 N–H and O–H groups in total. The zero-order chi connectivity index (χ0) is 28.1. The molecule has 0 bridgehead atoms. The Labute approximate surface area is 224 Å². The van der Waals surface area contributed by atoms with E-state index in [1.807, 2.05) is 10.2 Å². The number of Topliss-reactive ketones (excluding diaryl/α,β-unsaturated/α-hetero) is 1. The van der Waals surface area contributed by atoms with Gasteiger partial charge in [-0.3, -0.25) is 24.1 Å². The minimum Gasteiger partial charge on any atom is -0.379 e. The molecule has 2 aliphatic rings. The van der Waals surface area contributed by atoms with Crippen LogP contribution in [0.4, 0.5) is 22.0 Å². The molecule has 0 aromatic rings. The van der Waals surface area contributed by atoms with Crippen LogP contribution in [-0.2, 0) is 23.9 Å². The fourth-order valence-electron chi connectivity index (χ4n) is 4.30. The third-order valence-corrected chi connectivity index (χ3v) is 6.47. The van der Waals surface area contributed by atoms with E-state index in [-0.39, 0.29) is 37.8 Å². The van der Waals surface area contributed by atoms with Crippen molar-refractivity contribution in [1.82, 2.24) is 20.4 Å². The topological polar surface area (TPSA) is 108 Å². The number of halogens is 6. The van der Waals surface area contributed by atoms with E-state index in [0.29, 0.717) is 32.7 Å². The number of amides is 3. The van der Waals surface area contributed by atoms with Gasteiger partial charge in [-0.15, -0.1) is 12.4 Å². The summed E-state index contributed by atoms with van der Waals surface area (Å²) in [5, 5.41) is 4.71. The third kappa shape index (κ3) is 8.22. The lowest BCUT2D eigenvalue weighted by molar-refractivity contribution is -0.270. The molecular formula is C23H36ClF5N4O5. The highest BCUT2D eigenvalue weighted by atomic mass is 35.5. The molecule has 0 aromatic carbocycles. The molecule has 0 spiro atoms. The molecule has 3 amide bonds. The minimum atomic E-state index is -6.11. The number of ketones is 1. The first kappa shape index (κ1) is 34.0. The summed E-state index contributed by atoms with van der Waals surface area (Å²) in [6.45, 7) is 8.13. The van der Waals surface area contributed by atoms with Gasteiger partial charge in [0.05, 0.1) is 25.8 Å². The van der Waals surface area contributed by atoms with Gasteiger partial charge in [0.25, 0.3) is 0 Å². The SMILES string of the molecule is CC(C)[C@H](NC(=O)CN1CCOCC1)C(=O)N1CCC[C@H]1C(=O)N[C@H](C(=O)C(F)(F)C(F)(F)F)C(C)C.Cl. The van der Waals surface area contributed by atoms with Gasteiger partial charge in [-0.2, -0.15) is 22.0 Å². The summed E-state index contributed by atoms with van der Waals surface area (Å²) in [6, 6.07) is -4.28. The molecule has 2 aliphatic heterocycles. The molecule has 9 nitrogen and oxygen atoms in total. The van der Waals surface area contributed by atoms with Crippen LogP contribution in [0.25, 0.3) is 0 Å². The standard InChI is InChI=1S/C23H35F5N4O5.ClH/c1-13(2)17(19(34)22(24,25)23(26,27)28)30-20(35)15-6-5-7-32(15)21(36)18(14(3)4)29-16(33)12-31-8-10-37-11-9-31;/h13-15,17-18H,5-12H2,1-4H3,(H,29,33)(H,30,35);1H/t15-,17-,18-;/m0./s1. The summed E-state index contributed by atoms with van der Waals surface area (Å²) in [7, 11) is 0. The second-order valence-electron chi connectivity index (χ2n) is 10.0. The van der Waals surface area contributed by atoms with Gasteiger partial charge >= 0.3 is 12.1 Å². The minimum absolute atomic E-state index is 0. The zero-order valence-corrected chi connectivity index (χ0v) is 22.6. The van der Waals surface area contributed by atoms with E-state index in [9.17, 15) is 41.1 Å². The van der Waals surface area contributed by atoms with E-state index < -0.39 is 59.6 Å². The Morgan fingerprint density at radius 3 is 1.95 bits per heavy atom. The van der Waals surface area contributed by atoms with Gasteiger partial charge in [-0.25, -0.2) is 0 Å². The van der Waals surface area contributed by atoms with Gasteiger partial charge in [0.2, 0.25) is 23.5 Å². The molecule has 2 heterocycles. The molecule has 0 radical (unpaired) electrons. The van der Waals surface area contributed by atoms with E-state index in [1.54, 1.807) is 13.8 Å². The fraction of sp³-hybridized carbons (Fsp3) is 0.826. The van der Waals surface area contributed by atoms with Gasteiger partial charge in [-0.1, -0.05) is 27.7 Å². The number of nitrogens with one attached hydrogen (secondary N) is 2. The molecule has 38 heavy (non-hydrogen) atoms. The van der Waals surface area contributed by atoms with Crippen LogP contribution in [-0.4, -0.2) is 103 Å². The molecule has 2 fully saturated rings. The quantitative estimate of drug-likeness (QED) is 0.383. The van der Waals surface area contributed by atoms with Gasteiger partial charge < -0.3 is 20.3 Å². The van der Waals surface area contributed by atoms with Crippen LogP contribution in [0.2, 0.25) is 0 Å². The van der Waals surface area contributed by atoms with Gasteiger partial charge in [0.1, 0.15) is 12.1 Å². The lowest BCUT2D eigenvalue weighted by Gasteiger charge is -2.33. The number of carbonyl (C=O) groups is 4. The highest BCUT2D eigenvalue weighted by Crippen LogP contribution is 2.37. The molecule has 0 aromatic heterocycles. The van der Waals surface area contributed by atoms with E-state index in [0.717, 1.165) is 0 Å². The molecule has 2 saturated heterocycles. The fourth-order valence-corrected chi connectivity index (χ4v) is 4.30. The number of rotatable bonds is 10. The van der Waals surface area contributed by atoms with Crippen molar-refractivity contribution in [2.45, 2.75) is 70.8 Å². The zero-order valence-electron chi connectivity index (χ0n) is 21.8. The molecule has 0 saturated carbocycles. The average molecular weight is 579 g/mol. The van der Waals surface area contributed by atoms with E-state index in [2.05, 4.69) is 5.32 Å². The van der Waals surface area contributed by atoms with Crippen molar-refractivity contribution in [3.05, 3.63) is 0 Å². The Morgan fingerprint density at radius 2 is 1.45 bits per heavy atom. The molecule has 0 aliphatic carbocycles. The maximum absolute atomic E-state index is 13.7. The number of morpholine rings is 1. The van der Waals surface area contributed by atoms with Crippen LogP contribution in [0.3, 0.4) is 0 Å². The largest absolute Gasteiger partial charge is 0.461 e. The second kappa shape index (κ2) is 13.8. The predicted molar refractivity (Wildman–Crippen MR) is 129 cm³/mol. The Morgan fingerprint density at radius 1 is 0.895 bits per heavy atom. The normalized spacial score (nSPS) is 20.6. The Hall–Kier alpha value is -2.06. The van der Waals surface area contributed by atoms with Crippen LogP contribution in [0.5, 0.6) is 0 Å². The predicted octanol–water partition coefficient (Wildman–Crippen LogP) is 1.78. The summed E-state index contributed by atoms with van der Waals surface area (Å²) in [5.41, 5.74) is 0. The number of alkyl halides is 5. The molecular weight excluding hydrogens is 543 g/mol. The Balaban J connectivity index is 0.00000722. The monoisotopic (exact) mass is 578 g/mol. The molecule has 220 valence electrons. The molecule has 3 atom stereocenters. The molecule has 2 rings (SSSR count). The smallest absolute Gasteiger partial charge is 0.379 e. The summed E-state index contributed by atoms with van der Waals surface area (Å²) < 4.78 is 70.9. The van der Waals surface area contributed by atoms with Crippen molar-refractivity contribution in [3.8, 4) is 0 Å². The summed E-state index contributed by atoms with van der Waals surface area (Å²) >= 11 is 0. The van der Waals surface area contributed by atoms with E-state index in [1.165, 1.54) is 18.7 Å². The first-order valence-electron chi connectivity index (χ1n) is 12.3. The first-order valence-corrected chi connectivity index (χ1v) is 12.3. The maximum atomic E-state index is 13.7. The second-order valence-corrected chi connectivity index (χ2v) is 10.0. The Bertz CT molecular complexity index is 853. The van der Waals surface area contributed by atoms with Crippen LogP contribution in [0, 0.1) is 11.8 Å². The number of hydrogen-bond donors (Lipinski definition) is 2. The van der Waals surface area contributed by atoms with E-state index >= 15 is 0 Å². The van der Waals surface area contributed by atoms with Gasteiger partial charge in [-0.05, 0) is 24.7 Å². The number of likely N-dealkylation sites (tertiary alicyclic amines) is 1. The first-order chi connectivity index (χ1) is 17.1. The highest BCUT2D eigenvalue weighted by Gasteiger charge is 2.64. The molecule has 0 unspecified atom stereocenters. The van der Waals surface area contributed by atoms with Crippen LogP contribution in [0.15, 0.2) is 0 Å². The van der Waals surface area contributed by atoms with Crippen molar-refractivity contribution in [2.75, 3.05) is 39.4 Å². The highest BCUT2D eigenvalue weighted by molar-refractivity contribution is 5.97. The maximum Gasteiger partial charge on any atom is 0.461 e. The van der Waals surface area contributed by atoms with Crippen molar-refractivity contribution < 1.29 is 45.9 Å². The summed E-state index contributed by atoms with van der Waals surface area (Å²) in [4.78, 5) is 54.0. The summed E-state index contributed by atoms with van der Waals surface area (Å²) in [5.74, 6) is -11.5. The lowest BCUT2D eigenvalue weighted by Crippen LogP contribution is -2.60. The Kier molecular flexibility index (Phi) is 12.4. The molecule has 15 heteroatoms. The third-order valence-electron chi connectivity index (χ3n) is 6.47.